The average Bonchev–Trinajstić information content (AvgIpc) is 2.46. The summed E-state index contributed by atoms with van der Waals surface area (Å²) in [5.74, 6) is 0.938. The zero-order valence-corrected chi connectivity index (χ0v) is 12.7. The van der Waals surface area contributed by atoms with Crippen molar-refractivity contribution in [2.24, 2.45) is 0 Å². The molecule has 0 aliphatic carbocycles. The monoisotopic (exact) mass is 277 g/mol. The second-order valence-corrected chi connectivity index (χ2v) is 5.71. The largest absolute Gasteiger partial charge is 0.492 e. The van der Waals surface area contributed by atoms with Crippen LogP contribution in [0.5, 0.6) is 5.75 Å². The summed E-state index contributed by atoms with van der Waals surface area (Å²) in [7, 11) is 4.11. The molecular weight excluding hydrogens is 250 g/mol. The number of nitrogens with one attached hydrogen (secondary N) is 2. The molecule has 20 heavy (non-hydrogen) atoms. The molecule has 112 valence electrons. The van der Waals surface area contributed by atoms with Crippen molar-refractivity contribution in [3.63, 3.8) is 0 Å². The zero-order valence-electron chi connectivity index (χ0n) is 12.7. The Bertz CT molecular complexity index is 389. The number of ether oxygens (including phenoxy) is 1. The van der Waals surface area contributed by atoms with Crippen LogP contribution in [-0.2, 0) is 0 Å². The van der Waals surface area contributed by atoms with E-state index in [1.54, 1.807) is 0 Å². The van der Waals surface area contributed by atoms with Gasteiger partial charge in [0.05, 0.1) is 0 Å². The van der Waals surface area contributed by atoms with Crippen molar-refractivity contribution in [1.82, 2.24) is 10.2 Å². The van der Waals surface area contributed by atoms with Gasteiger partial charge in [0.15, 0.2) is 0 Å². The van der Waals surface area contributed by atoms with Gasteiger partial charge in [-0.05, 0) is 45.6 Å². The van der Waals surface area contributed by atoms with Gasteiger partial charge in [0.2, 0.25) is 0 Å². The maximum atomic E-state index is 5.75. The number of benzene rings is 1. The van der Waals surface area contributed by atoms with E-state index < -0.39 is 0 Å². The lowest BCUT2D eigenvalue weighted by Crippen LogP contribution is -2.39. The standard InChI is InChI=1S/C16H27N3O/c1-19(2)10-11-20-16-8-5-7-14(12-16)18-13-15-6-3-4-9-17-15/h5,7-8,12,15,17-18H,3-4,6,9-11,13H2,1-2H3. The molecule has 0 bridgehead atoms. The lowest BCUT2D eigenvalue weighted by molar-refractivity contribution is 0.261. The first-order chi connectivity index (χ1) is 9.74. The number of likely N-dealkylation sites (N-methyl/N-ethyl adjacent to an activating group) is 1. The Morgan fingerprint density at radius 2 is 2.25 bits per heavy atom. The first-order valence-electron chi connectivity index (χ1n) is 7.59. The maximum absolute atomic E-state index is 5.75. The Labute approximate surface area is 122 Å². The first kappa shape index (κ1) is 15.1. The van der Waals surface area contributed by atoms with E-state index in [1.165, 1.54) is 19.3 Å². The molecule has 1 aromatic carbocycles. The summed E-state index contributed by atoms with van der Waals surface area (Å²) in [5, 5.41) is 7.05. The lowest BCUT2D eigenvalue weighted by atomic mass is 10.1. The van der Waals surface area contributed by atoms with Gasteiger partial charge in [0.25, 0.3) is 0 Å². The molecule has 1 saturated heterocycles. The summed E-state index contributed by atoms with van der Waals surface area (Å²) in [4.78, 5) is 2.12. The van der Waals surface area contributed by atoms with Crippen molar-refractivity contribution in [2.45, 2.75) is 25.3 Å². The molecule has 4 nitrogen and oxygen atoms in total. The zero-order chi connectivity index (χ0) is 14.2. The van der Waals surface area contributed by atoms with Crippen LogP contribution < -0.4 is 15.4 Å². The normalized spacial score (nSPS) is 19.1. The number of rotatable bonds is 7. The van der Waals surface area contributed by atoms with Crippen LogP contribution in [0.25, 0.3) is 0 Å². The smallest absolute Gasteiger partial charge is 0.121 e. The molecule has 1 aliphatic heterocycles. The van der Waals surface area contributed by atoms with Crippen molar-refractivity contribution < 1.29 is 4.74 Å². The molecule has 2 N–H and O–H groups in total. The molecule has 0 amide bonds. The van der Waals surface area contributed by atoms with E-state index in [1.807, 2.05) is 12.1 Å². The highest BCUT2D eigenvalue weighted by Crippen LogP contribution is 2.18. The fourth-order valence-electron chi connectivity index (χ4n) is 2.38. The van der Waals surface area contributed by atoms with Crippen LogP contribution in [0.3, 0.4) is 0 Å². The number of nitrogens with zero attached hydrogens (tertiary/aromatic N) is 1. The molecule has 1 heterocycles. The minimum absolute atomic E-state index is 0.599. The van der Waals surface area contributed by atoms with E-state index in [0.717, 1.165) is 37.7 Å². The van der Waals surface area contributed by atoms with Gasteiger partial charge in [0.1, 0.15) is 12.4 Å². The van der Waals surface area contributed by atoms with Crippen molar-refractivity contribution in [2.75, 3.05) is 45.7 Å². The van der Waals surface area contributed by atoms with Crippen LogP contribution in [0.4, 0.5) is 5.69 Å². The highest BCUT2D eigenvalue weighted by atomic mass is 16.5. The molecular formula is C16H27N3O. The third kappa shape index (κ3) is 5.39. The van der Waals surface area contributed by atoms with Crippen molar-refractivity contribution in [3.8, 4) is 5.75 Å². The third-order valence-electron chi connectivity index (χ3n) is 3.61. The summed E-state index contributed by atoms with van der Waals surface area (Å²) in [5.41, 5.74) is 1.14. The SMILES string of the molecule is CN(C)CCOc1cccc(NCC2CCCCN2)c1. The average molecular weight is 277 g/mol. The van der Waals surface area contributed by atoms with E-state index in [-0.39, 0.29) is 0 Å². The molecule has 1 fully saturated rings. The Morgan fingerprint density at radius 1 is 1.35 bits per heavy atom. The van der Waals surface area contributed by atoms with E-state index >= 15 is 0 Å². The number of hydrogen-bond donors (Lipinski definition) is 2. The Kier molecular flexibility index (Phi) is 6.15. The molecule has 1 atom stereocenters. The summed E-state index contributed by atoms with van der Waals surface area (Å²) in [6, 6.07) is 8.84. The van der Waals surface area contributed by atoms with Crippen molar-refractivity contribution in [3.05, 3.63) is 24.3 Å². The van der Waals surface area contributed by atoms with Crippen molar-refractivity contribution in [1.29, 1.82) is 0 Å². The second-order valence-electron chi connectivity index (χ2n) is 5.71. The molecule has 1 aromatic rings. The van der Waals surface area contributed by atoms with Gasteiger partial charge in [-0.1, -0.05) is 12.5 Å². The molecule has 0 spiro atoms. The van der Waals surface area contributed by atoms with Gasteiger partial charge in [-0.25, -0.2) is 0 Å². The Balaban J connectivity index is 1.76. The van der Waals surface area contributed by atoms with Crippen LogP contribution in [0, 0.1) is 0 Å². The van der Waals surface area contributed by atoms with Gasteiger partial charge in [-0.2, -0.15) is 0 Å². The van der Waals surface area contributed by atoms with E-state index in [9.17, 15) is 0 Å². The lowest BCUT2D eigenvalue weighted by Gasteiger charge is -2.24. The summed E-state index contributed by atoms with van der Waals surface area (Å²) in [6.07, 6.45) is 3.92. The maximum Gasteiger partial charge on any atom is 0.121 e. The number of anilines is 1. The Hall–Kier alpha value is -1.26. The quantitative estimate of drug-likeness (QED) is 0.801. The van der Waals surface area contributed by atoms with E-state index in [4.69, 9.17) is 4.74 Å². The molecule has 4 heteroatoms. The molecule has 1 unspecified atom stereocenters. The van der Waals surface area contributed by atoms with Crippen molar-refractivity contribution >= 4 is 5.69 Å². The van der Waals surface area contributed by atoms with Gasteiger partial charge in [-0.3, -0.25) is 0 Å². The van der Waals surface area contributed by atoms with Crippen LogP contribution in [-0.4, -0.2) is 51.3 Å². The van der Waals surface area contributed by atoms with Gasteiger partial charge in [-0.15, -0.1) is 0 Å². The van der Waals surface area contributed by atoms with Crippen LogP contribution >= 0.6 is 0 Å². The fraction of sp³-hybridized carbons (Fsp3) is 0.625. The summed E-state index contributed by atoms with van der Waals surface area (Å²) >= 11 is 0. The minimum atomic E-state index is 0.599. The van der Waals surface area contributed by atoms with Crippen LogP contribution in [0.1, 0.15) is 19.3 Å². The minimum Gasteiger partial charge on any atom is -0.492 e. The van der Waals surface area contributed by atoms with E-state index in [2.05, 4.69) is 41.8 Å². The topological polar surface area (TPSA) is 36.5 Å². The van der Waals surface area contributed by atoms with Gasteiger partial charge in [0, 0.05) is 30.9 Å². The molecule has 0 radical (unpaired) electrons. The number of hydrogen-bond acceptors (Lipinski definition) is 4. The highest BCUT2D eigenvalue weighted by Gasteiger charge is 2.11. The Morgan fingerprint density at radius 3 is 3.00 bits per heavy atom. The highest BCUT2D eigenvalue weighted by molar-refractivity contribution is 5.48. The van der Waals surface area contributed by atoms with Crippen LogP contribution in [0.2, 0.25) is 0 Å². The fourth-order valence-corrected chi connectivity index (χ4v) is 2.38. The van der Waals surface area contributed by atoms with Gasteiger partial charge >= 0.3 is 0 Å². The predicted molar refractivity (Wildman–Crippen MR) is 84.6 cm³/mol. The third-order valence-corrected chi connectivity index (χ3v) is 3.61. The molecule has 1 aliphatic rings. The van der Waals surface area contributed by atoms with Gasteiger partial charge < -0.3 is 20.3 Å². The number of piperidine rings is 1. The molecule has 2 rings (SSSR count). The van der Waals surface area contributed by atoms with E-state index in [0.29, 0.717) is 6.04 Å². The molecule has 0 saturated carbocycles. The second kappa shape index (κ2) is 8.12. The predicted octanol–water partition coefficient (Wildman–Crippen LogP) is 2.18. The first-order valence-corrected chi connectivity index (χ1v) is 7.59. The summed E-state index contributed by atoms with van der Waals surface area (Å²) in [6.45, 7) is 3.80. The molecule has 0 aromatic heterocycles. The van der Waals surface area contributed by atoms with Crippen LogP contribution in [0.15, 0.2) is 24.3 Å². The summed E-state index contributed by atoms with van der Waals surface area (Å²) < 4.78 is 5.75.